The molecule has 0 heterocycles. The maximum atomic E-state index is 14.3. The zero-order chi connectivity index (χ0) is 25.3. The van der Waals surface area contributed by atoms with Gasteiger partial charge in [-0.3, -0.25) is 0 Å². The van der Waals surface area contributed by atoms with Crippen LogP contribution in [0.1, 0.15) is 87.3 Å². The van der Waals surface area contributed by atoms with Crippen LogP contribution in [0.25, 0.3) is 0 Å². The molecule has 0 aromatic heterocycles. The van der Waals surface area contributed by atoms with Crippen LogP contribution in [0, 0.1) is 5.92 Å². The number of alkyl halides is 5. The van der Waals surface area contributed by atoms with Crippen LogP contribution in [-0.2, 0) is 17.8 Å². The lowest BCUT2D eigenvalue weighted by molar-refractivity contribution is -0.274. The minimum Gasteiger partial charge on any atom is -0.406 e. The van der Waals surface area contributed by atoms with E-state index in [4.69, 9.17) is 4.74 Å². The van der Waals surface area contributed by atoms with E-state index in [9.17, 15) is 22.0 Å². The van der Waals surface area contributed by atoms with E-state index in [0.29, 0.717) is 11.5 Å². The lowest BCUT2D eigenvalue weighted by atomic mass is 9.77. The van der Waals surface area contributed by atoms with Crippen LogP contribution >= 0.6 is 0 Å². The van der Waals surface area contributed by atoms with Crippen LogP contribution < -0.4 is 4.74 Å². The maximum Gasteiger partial charge on any atom is 0.573 e. The number of unbranched alkanes of at least 4 members (excludes halogenated alkanes) is 3. The van der Waals surface area contributed by atoms with Crippen molar-refractivity contribution >= 4 is 0 Å². The zero-order valence-corrected chi connectivity index (χ0v) is 20.3. The van der Waals surface area contributed by atoms with Crippen LogP contribution in [0.15, 0.2) is 48.5 Å². The summed E-state index contributed by atoms with van der Waals surface area (Å²) < 4.78 is 73.8. The van der Waals surface area contributed by atoms with Gasteiger partial charge in [0.1, 0.15) is 5.75 Å². The van der Waals surface area contributed by atoms with Gasteiger partial charge in [0.25, 0.3) is 0 Å². The molecular formula is C28H35F5O2. The van der Waals surface area contributed by atoms with Crippen molar-refractivity contribution in [3.63, 3.8) is 0 Å². The number of rotatable bonds is 12. The van der Waals surface area contributed by atoms with Gasteiger partial charge < -0.3 is 9.47 Å². The third-order valence-electron chi connectivity index (χ3n) is 6.78. The molecule has 0 atom stereocenters. The highest BCUT2D eigenvalue weighted by molar-refractivity contribution is 5.28. The Bertz CT molecular complexity index is 870. The van der Waals surface area contributed by atoms with E-state index in [1.54, 1.807) is 0 Å². The summed E-state index contributed by atoms with van der Waals surface area (Å²) in [4.78, 5) is 0. The number of ether oxygens (including phenoxy) is 2. The van der Waals surface area contributed by atoms with Gasteiger partial charge in [-0.2, -0.15) is 8.78 Å². The van der Waals surface area contributed by atoms with Crippen molar-refractivity contribution < 1.29 is 31.4 Å². The molecule has 0 unspecified atom stereocenters. The minimum atomic E-state index is -4.82. The number of hydrogen-bond donors (Lipinski definition) is 0. The molecule has 1 aliphatic carbocycles. The minimum absolute atomic E-state index is 0.154. The highest BCUT2D eigenvalue weighted by Crippen LogP contribution is 2.38. The smallest absolute Gasteiger partial charge is 0.406 e. The summed E-state index contributed by atoms with van der Waals surface area (Å²) in [6.07, 6.45) is 2.48. The van der Waals surface area contributed by atoms with Crippen molar-refractivity contribution in [1.82, 2.24) is 0 Å². The van der Waals surface area contributed by atoms with Crippen LogP contribution in [-0.4, -0.2) is 12.5 Å². The molecule has 1 saturated carbocycles. The first-order valence-corrected chi connectivity index (χ1v) is 12.6. The summed E-state index contributed by atoms with van der Waals surface area (Å²) in [6, 6.07) is 12.1. The van der Waals surface area contributed by atoms with Crippen LogP contribution in [0.5, 0.6) is 5.75 Å². The molecule has 2 aromatic rings. The Kier molecular flexibility index (Phi) is 9.96. The molecule has 0 amide bonds. The molecule has 0 bridgehead atoms. The van der Waals surface area contributed by atoms with E-state index in [1.165, 1.54) is 75.5 Å². The summed E-state index contributed by atoms with van der Waals surface area (Å²) in [6.45, 7) is 1.99. The van der Waals surface area contributed by atoms with Crippen LogP contribution in [0.4, 0.5) is 22.0 Å². The first-order valence-electron chi connectivity index (χ1n) is 12.6. The monoisotopic (exact) mass is 498 g/mol. The second-order valence-electron chi connectivity index (χ2n) is 9.60. The average molecular weight is 499 g/mol. The van der Waals surface area contributed by atoms with E-state index in [2.05, 4.69) is 11.7 Å². The summed E-state index contributed by atoms with van der Waals surface area (Å²) in [7, 11) is 0. The molecule has 0 radical (unpaired) electrons. The van der Waals surface area contributed by atoms with Crippen molar-refractivity contribution in [3.05, 3.63) is 65.2 Å². The van der Waals surface area contributed by atoms with Gasteiger partial charge >= 0.3 is 12.5 Å². The van der Waals surface area contributed by atoms with E-state index in [1.807, 2.05) is 24.3 Å². The highest BCUT2D eigenvalue weighted by atomic mass is 19.4. The fraction of sp³-hybridized carbons (Fsp3) is 0.571. The van der Waals surface area contributed by atoms with E-state index in [-0.39, 0.29) is 12.2 Å². The molecule has 1 fully saturated rings. The quantitative estimate of drug-likeness (QED) is 0.215. The third kappa shape index (κ3) is 9.79. The van der Waals surface area contributed by atoms with Crippen molar-refractivity contribution in [2.24, 2.45) is 5.92 Å². The van der Waals surface area contributed by atoms with Gasteiger partial charge in [0.05, 0.1) is 13.0 Å². The van der Waals surface area contributed by atoms with Gasteiger partial charge in [0, 0.05) is 0 Å². The van der Waals surface area contributed by atoms with Crippen molar-refractivity contribution in [3.8, 4) is 5.75 Å². The topological polar surface area (TPSA) is 18.5 Å². The molecule has 0 spiro atoms. The number of halogens is 5. The van der Waals surface area contributed by atoms with Crippen molar-refractivity contribution in [1.29, 1.82) is 0 Å². The van der Waals surface area contributed by atoms with Gasteiger partial charge in [-0.15, -0.1) is 13.2 Å². The highest BCUT2D eigenvalue weighted by Gasteiger charge is 2.32. The third-order valence-corrected chi connectivity index (χ3v) is 6.78. The Labute approximate surface area is 204 Å². The lowest BCUT2D eigenvalue weighted by Crippen LogP contribution is -2.24. The molecule has 0 N–H and O–H groups in total. The first kappa shape index (κ1) is 27.4. The molecule has 2 aromatic carbocycles. The largest absolute Gasteiger partial charge is 0.573 e. The normalized spacial score (nSPS) is 19.0. The molecule has 194 valence electrons. The molecule has 0 saturated heterocycles. The predicted molar refractivity (Wildman–Crippen MR) is 126 cm³/mol. The van der Waals surface area contributed by atoms with Gasteiger partial charge in [0.15, 0.2) is 0 Å². The van der Waals surface area contributed by atoms with Crippen LogP contribution in [0.3, 0.4) is 0 Å². The summed E-state index contributed by atoms with van der Waals surface area (Å²) in [5.74, 6) is 0.917. The predicted octanol–water partition coefficient (Wildman–Crippen LogP) is 9.18. The summed E-state index contributed by atoms with van der Waals surface area (Å²) >= 11 is 0. The molecule has 1 aliphatic rings. The van der Waals surface area contributed by atoms with Gasteiger partial charge in [-0.1, -0.05) is 75.4 Å². The van der Waals surface area contributed by atoms with Gasteiger partial charge in [-0.05, 0) is 66.3 Å². The molecule has 7 heteroatoms. The first-order chi connectivity index (χ1) is 16.6. The van der Waals surface area contributed by atoms with Crippen LogP contribution in [0.2, 0.25) is 0 Å². The maximum absolute atomic E-state index is 14.3. The Morgan fingerprint density at radius 2 is 1.40 bits per heavy atom. The molecule has 35 heavy (non-hydrogen) atoms. The molecular weight excluding hydrogens is 463 g/mol. The van der Waals surface area contributed by atoms with E-state index >= 15 is 0 Å². The molecule has 2 nitrogen and oxygen atoms in total. The standard InChI is InChI=1S/C28H35F5O2/c1-2-3-4-5-6-21-7-13-24(14-8-21)25-15-9-23(10-16-25)20-34-27(29,30)19-22-11-17-26(18-12-22)35-28(31,32)33/h9-12,15-18,21,24H,2-8,13-14,19-20H2,1H3. The van der Waals surface area contributed by atoms with E-state index in [0.717, 1.165) is 18.1 Å². The van der Waals surface area contributed by atoms with Gasteiger partial charge in [0.2, 0.25) is 0 Å². The fourth-order valence-corrected chi connectivity index (χ4v) is 4.82. The van der Waals surface area contributed by atoms with Gasteiger partial charge in [-0.25, -0.2) is 0 Å². The summed E-state index contributed by atoms with van der Waals surface area (Å²) in [5.41, 5.74) is 2.07. The molecule has 3 rings (SSSR count). The fourth-order valence-electron chi connectivity index (χ4n) is 4.82. The second-order valence-corrected chi connectivity index (χ2v) is 9.60. The van der Waals surface area contributed by atoms with Crippen molar-refractivity contribution in [2.75, 3.05) is 0 Å². The Morgan fingerprint density at radius 1 is 0.771 bits per heavy atom. The SMILES string of the molecule is CCCCCCC1CCC(c2ccc(COC(F)(F)Cc3ccc(OC(F)(F)F)cc3)cc2)CC1. The van der Waals surface area contributed by atoms with Crippen molar-refractivity contribution in [2.45, 2.75) is 96.1 Å². The lowest BCUT2D eigenvalue weighted by Gasteiger charge is -2.29. The second kappa shape index (κ2) is 12.7. The number of benzene rings is 2. The summed E-state index contributed by atoms with van der Waals surface area (Å²) in [5, 5.41) is 0. The Morgan fingerprint density at radius 3 is 2.00 bits per heavy atom. The number of hydrogen-bond acceptors (Lipinski definition) is 2. The Balaban J connectivity index is 1.42. The average Bonchev–Trinajstić information content (AvgIpc) is 2.82. The van der Waals surface area contributed by atoms with E-state index < -0.39 is 24.6 Å². The molecule has 0 aliphatic heterocycles. The zero-order valence-electron chi connectivity index (χ0n) is 20.3. The Hall–Kier alpha value is -2.15.